The van der Waals surface area contributed by atoms with Crippen LogP contribution in [0.5, 0.6) is 0 Å². The zero-order valence-electron chi connectivity index (χ0n) is 11.1. The first-order valence-corrected chi connectivity index (χ1v) is 7.60. The van der Waals surface area contributed by atoms with Gasteiger partial charge in [0.15, 0.2) is 0 Å². The van der Waals surface area contributed by atoms with E-state index in [-0.39, 0.29) is 0 Å². The van der Waals surface area contributed by atoms with E-state index in [1.165, 1.54) is 23.4 Å². The van der Waals surface area contributed by atoms with Crippen LogP contribution in [0.1, 0.15) is 30.7 Å². The maximum atomic E-state index is 6.18. The fourth-order valence-corrected chi connectivity index (χ4v) is 2.98. The van der Waals surface area contributed by atoms with Crippen molar-refractivity contribution in [3.8, 4) is 0 Å². The average molecular weight is 275 g/mol. The van der Waals surface area contributed by atoms with E-state index < -0.39 is 0 Å². The molecule has 1 N–H and O–H groups in total. The predicted molar refractivity (Wildman–Crippen MR) is 78.2 cm³/mol. The first-order valence-electron chi connectivity index (χ1n) is 6.34. The van der Waals surface area contributed by atoms with Crippen LogP contribution in [0.2, 0.25) is 5.02 Å². The molecule has 1 rings (SSSR count). The monoisotopic (exact) mass is 274 g/mol. The van der Waals surface area contributed by atoms with E-state index in [4.69, 9.17) is 11.6 Å². The number of halogens is 1. The Kier molecular flexibility index (Phi) is 7.12. The zero-order chi connectivity index (χ0) is 12.7. The second-order valence-corrected chi connectivity index (χ2v) is 5.56. The van der Waals surface area contributed by atoms with Crippen LogP contribution in [0.15, 0.2) is 5.38 Å². The van der Waals surface area contributed by atoms with Crippen molar-refractivity contribution >= 4 is 22.9 Å². The molecule has 1 aromatic rings. The lowest BCUT2D eigenvalue weighted by Gasteiger charge is -2.17. The van der Waals surface area contributed by atoms with Crippen LogP contribution in [0.3, 0.4) is 0 Å². The van der Waals surface area contributed by atoms with Gasteiger partial charge in [0, 0.05) is 11.4 Å². The Balaban J connectivity index is 2.14. The molecule has 1 aromatic heterocycles. The molecule has 0 aliphatic carbocycles. The predicted octanol–water partition coefficient (Wildman–Crippen LogP) is 3.53. The van der Waals surface area contributed by atoms with Crippen LogP contribution in [0.25, 0.3) is 0 Å². The summed E-state index contributed by atoms with van der Waals surface area (Å²) in [4.78, 5) is 3.70. The van der Waals surface area contributed by atoms with Crippen LogP contribution in [-0.2, 0) is 6.54 Å². The molecule has 0 aromatic carbocycles. The highest BCUT2D eigenvalue weighted by atomic mass is 35.5. The van der Waals surface area contributed by atoms with E-state index in [1.807, 2.05) is 0 Å². The Bertz CT molecular complexity index is 321. The van der Waals surface area contributed by atoms with E-state index in [9.17, 15) is 0 Å². The third-order valence-corrected chi connectivity index (χ3v) is 4.72. The summed E-state index contributed by atoms with van der Waals surface area (Å²) in [5, 5.41) is 6.52. The maximum Gasteiger partial charge on any atom is 0.0587 e. The summed E-state index contributed by atoms with van der Waals surface area (Å²) in [5.41, 5.74) is 1.19. The summed E-state index contributed by atoms with van der Waals surface area (Å²) in [5.74, 6) is 0. The summed E-state index contributed by atoms with van der Waals surface area (Å²) in [6.07, 6.45) is 1.20. The minimum absolute atomic E-state index is 0.898. The average Bonchev–Trinajstić information content (AvgIpc) is 2.65. The SMILES string of the molecule is CCN(CC)CCCNCc1scc(C)c1Cl. The lowest BCUT2D eigenvalue weighted by Crippen LogP contribution is -2.27. The molecule has 0 saturated heterocycles. The number of rotatable bonds is 8. The Hall–Kier alpha value is -0.0900. The van der Waals surface area contributed by atoms with E-state index in [1.54, 1.807) is 11.3 Å². The van der Waals surface area contributed by atoms with Crippen LogP contribution < -0.4 is 5.32 Å². The molecule has 0 aliphatic rings. The zero-order valence-corrected chi connectivity index (χ0v) is 12.6. The quantitative estimate of drug-likeness (QED) is 0.730. The topological polar surface area (TPSA) is 15.3 Å². The second-order valence-electron chi connectivity index (χ2n) is 4.21. The third-order valence-electron chi connectivity index (χ3n) is 2.98. The van der Waals surface area contributed by atoms with Gasteiger partial charge in [0.25, 0.3) is 0 Å². The van der Waals surface area contributed by atoms with Crippen molar-refractivity contribution in [3.63, 3.8) is 0 Å². The summed E-state index contributed by atoms with van der Waals surface area (Å²) in [7, 11) is 0. The molecule has 0 aliphatic heterocycles. The molecule has 0 amide bonds. The lowest BCUT2D eigenvalue weighted by molar-refractivity contribution is 0.298. The van der Waals surface area contributed by atoms with Crippen LogP contribution >= 0.6 is 22.9 Å². The molecule has 98 valence electrons. The first kappa shape index (κ1) is 15.0. The van der Waals surface area contributed by atoms with Crippen molar-refractivity contribution in [1.29, 1.82) is 0 Å². The van der Waals surface area contributed by atoms with Gasteiger partial charge in [-0.3, -0.25) is 0 Å². The van der Waals surface area contributed by atoms with Crippen molar-refractivity contribution in [2.75, 3.05) is 26.2 Å². The third kappa shape index (κ3) is 4.96. The molecule has 1 heterocycles. The highest BCUT2D eigenvalue weighted by Crippen LogP contribution is 2.26. The number of hydrogen-bond acceptors (Lipinski definition) is 3. The normalized spacial score (nSPS) is 11.4. The number of nitrogens with zero attached hydrogens (tertiary/aromatic N) is 1. The Morgan fingerprint density at radius 1 is 1.35 bits per heavy atom. The Morgan fingerprint density at radius 2 is 2.06 bits per heavy atom. The van der Waals surface area contributed by atoms with E-state index in [0.29, 0.717) is 0 Å². The van der Waals surface area contributed by atoms with Crippen molar-refractivity contribution < 1.29 is 0 Å². The van der Waals surface area contributed by atoms with Crippen molar-refractivity contribution in [2.45, 2.75) is 33.7 Å². The van der Waals surface area contributed by atoms with Gasteiger partial charge in [-0.1, -0.05) is 25.4 Å². The van der Waals surface area contributed by atoms with E-state index in [0.717, 1.165) is 31.2 Å². The van der Waals surface area contributed by atoms with Gasteiger partial charge < -0.3 is 10.2 Å². The molecule has 0 bridgehead atoms. The molecule has 0 atom stereocenters. The van der Waals surface area contributed by atoms with Gasteiger partial charge in [-0.2, -0.15) is 0 Å². The molecule has 4 heteroatoms. The van der Waals surface area contributed by atoms with E-state index >= 15 is 0 Å². The maximum absolute atomic E-state index is 6.18. The molecule has 0 spiro atoms. The first-order chi connectivity index (χ1) is 8.19. The Morgan fingerprint density at radius 3 is 2.59 bits per heavy atom. The van der Waals surface area contributed by atoms with Gasteiger partial charge in [0.1, 0.15) is 0 Å². The minimum atomic E-state index is 0.898. The number of nitrogens with one attached hydrogen (secondary N) is 1. The molecular formula is C13H23ClN2S. The van der Waals surface area contributed by atoms with Gasteiger partial charge in [-0.05, 0) is 50.5 Å². The van der Waals surface area contributed by atoms with Gasteiger partial charge in [-0.15, -0.1) is 11.3 Å². The van der Waals surface area contributed by atoms with Crippen molar-refractivity contribution in [1.82, 2.24) is 10.2 Å². The number of hydrogen-bond donors (Lipinski definition) is 1. The number of thiophene rings is 1. The fraction of sp³-hybridized carbons (Fsp3) is 0.692. The molecule has 17 heavy (non-hydrogen) atoms. The largest absolute Gasteiger partial charge is 0.312 e. The molecule has 0 unspecified atom stereocenters. The standard InChI is InChI=1S/C13H23ClN2S/c1-4-16(5-2)8-6-7-15-9-12-13(14)11(3)10-17-12/h10,15H,4-9H2,1-3H3. The fourth-order valence-electron chi connectivity index (χ4n) is 1.77. The summed E-state index contributed by atoms with van der Waals surface area (Å²) in [6.45, 7) is 11.9. The Labute approximate surface area is 114 Å². The molecule has 0 fully saturated rings. The minimum Gasteiger partial charge on any atom is -0.312 e. The molecule has 0 saturated carbocycles. The molecule has 2 nitrogen and oxygen atoms in total. The van der Waals surface area contributed by atoms with Crippen molar-refractivity contribution in [2.24, 2.45) is 0 Å². The van der Waals surface area contributed by atoms with E-state index in [2.05, 4.69) is 36.4 Å². The summed E-state index contributed by atoms with van der Waals surface area (Å²) in [6, 6.07) is 0. The lowest BCUT2D eigenvalue weighted by atomic mass is 10.3. The van der Waals surface area contributed by atoms with Gasteiger partial charge in [0.2, 0.25) is 0 Å². The highest BCUT2D eigenvalue weighted by molar-refractivity contribution is 7.10. The number of aryl methyl sites for hydroxylation is 1. The molecule has 0 radical (unpaired) electrons. The van der Waals surface area contributed by atoms with Crippen LogP contribution in [0.4, 0.5) is 0 Å². The second kappa shape index (κ2) is 8.09. The van der Waals surface area contributed by atoms with Crippen molar-refractivity contribution in [3.05, 3.63) is 20.8 Å². The molecular weight excluding hydrogens is 252 g/mol. The van der Waals surface area contributed by atoms with Gasteiger partial charge in [0.05, 0.1) is 5.02 Å². The smallest absolute Gasteiger partial charge is 0.0587 e. The highest BCUT2D eigenvalue weighted by Gasteiger charge is 2.05. The summed E-state index contributed by atoms with van der Waals surface area (Å²) < 4.78 is 0. The van der Waals surface area contributed by atoms with Gasteiger partial charge in [-0.25, -0.2) is 0 Å². The van der Waals surface area contributed by atoms with Gasteiger partial charge >= 0.3 is 0 Å². The summed E-state index contributed by atoms with van der Waals surface area (Å²) >= 11 is 7.92. The van der Waals surface area contributed by atoms with Crippen LogP contribution in [0, 0.1) is 6.92 Å². The van der Waals surface area contributed by atoms with Crippen LogP contribution in [-0.4, -0.2) is 31.1 Å².